The molecule has 1 aliphatic heterocycles. The molecular weight excluding hydrogens is 204 g/mol. The first-order chi connectivity index (χ1) is 7.38. The summed E-state index contributed by atoms with van der Waals surface area (Å²) in [6, 6.07) is 0. The zero-order valence-electron chi connectivity index (χ0n) is 11.5. The fourth-order valence-electron chi connectivity index (χ4n) is 1.32. The number of likely N-dealkylation sites (N-methyl/N-ethyl adjacent to an activating group) is 1. The third-order valence-electron chi connectivity index (χ3n) is 2.15. The van der Waals surface area contributed by atoms with Crippen LogP contribution >= 0.6 is 0 Å². The zero-order chi connectivity index (χ0) is 12.8. The second-order valence-electron chi connectivity index (χ2n) is 4.77. The highest BCUT2D eigenvalue weighted by Crippen LogP contribution is 2.11. The lowest BCUT2D eigenvalue weighted by atomic mass is 10.2. The molecule has 16 heavy (non-hydrogen) atoms. The highest BCUT2D eigenvalue weighted by Gasteiger charge is 2.24. The molecule has 0 radical (unpaired) electrons. The molecule has 4 nitrogen and oxygen atoms in total. The van der Waals surface area contributed by atoms with Crippen LogP contribution in [0.2, 0.25) is 0 Å². The van der Waals surface area contributed by atoms with Gasteiger partial charge in [0.15, 0.2) is 0 Å². The maximum absolute atomic E-state index is 11.6. The van der Waals surface area contributed by atoms with Gasteiger partial charge in [-0.2, -0.15) is 0 Å². The van der Waals surface area contributed by atoms with E-state index in [0.29, 0.717) is 0 Å². The number of nitrogens with zero attached hydrogens (tertiary/aromatic N) is 2. The Hall–Kier alpha value is -0.770. The van der Waals surface area contributed by atoms with Gasteiger partial charge in [-0.15, -0.1) is 0 Å². The zero-order valence-corrected chi connectivity index (χ0v) is 11.5. The molecule has 0 unspecified atom stereocenters. The number of carbonyl (C=O) groups excluding carboxylic acids is 1. The van der Waals surface area contributed by atoms with E-state index in [-0.39, 0.29) is 11.7 Å². The Balaban J connectivity index is 0.00000106. The first kappa shape index (κ1) is 15.2. The van der Waals surface area contributed by atoms with Crippen LogP contribution in [0.4, 0.5) is 4.79 Å². The van der Waals surface area contributed by atoms with E-state index in [2.05, 4.69) is 11.9 Å². The molecule has 4 heteroatoms. The second kappa shape index (κ2) is 6.74. The number of hydrogen-bond acceptors (Lipinski definition) is 3. The molecule has 0 atom stereocenters. The lowest BCUT2D eigenvalue weighted by Crippen LogP contribution is -2.48. The Morgan fingerprint density at radius 2 is 1.50 bits per heavy atom. The lowest BCUT2D eigenvalue weighted by Gasteiger charge is -2.33. The SMILES string of the molecule is CC.CN1CCN(C(=O)OC(C)(C)C)CC1. The van der Waals surface area contributed by atoms with Crippen LogP contribution in [0.5, 0.6) is 0 Å². The van der Waals surface area contributed by atoms with Crippen LogP contribution in [0.25, 0.3) is 0 Å². The standard InChI is InChI=1S/C10H20N2O2.C2H6/c1-10(2,3)14-9(13)12-7-5-11(4)6-8-12;1-2/h5-8H2,1-4H3;1-2H3. The molecule has 1 saturated heterocycles. The molecule has 0 aromatic rings. The highest BCUT2D eigenvalue weighted by molar-refractivity contribution is 5.68. The minimum atomic E-state index is -0.388. The van der Waals surface area contributed by atoms with Crippen molar-refractivity contribution in [3.63, 3.8) is 0 Å². The summed E-state index contributed by atoms with van der Waals surface area (Å²) in [6.07, 6.45) is -0.189. The van der Waals surface area contributed by atoms with Crippen molar-refractivity contribution in [2.45, 2.75) is 40.2 Å². The van der Waals surface area contributed by atoms with Crippen molar-refractivity contribution in [1.29, 1.82) is 0 Å². The number of carbonyl (C=O) groups is 1. The van der Waals surface area contributed by atoms with Crippen LogP contribution in [0.3, 0.4) is 0 Å². The molecule has 1 aliphatic rings. The molecule has 0 saturated carbocycles. The van der Waals surface area contributed by atoms with Crippen LogP contribution in [0.15, 0.2) is 0 Å². The summed E-state index contributed by atoms with van der Waals surface area (Å²) in [4.78, 5) is 15.6. The van der Waals surface area contributed by atoms with Crippen molar-refractivity contribution >= 4 is 6.09 Å². The largest absolute Gasteiger partial charge is 0.444 e. The van der Waals surface area contributed by atoms with Gasteiger partial charge >= 0.3 is 6.09 Å². The molecule has 0 aliphatic carbocycles. The normalized spacial score (nSPS) is 17.5. The monoisotopic (exact) mass is 230 g/mol. The summed E-state index contributed by atoms with van der Waals surface area (Å²) in [5, 5.41) is 0. The van der Waals surface area contributed by atoms with Crippen molar-refractivity contribution in [3.05, 3.63) is 0 Å². The number of ether oxygens (including phenoxy) is 1. The molecule has 0 aromatic heterocycles. The molecule has 0 spiro atoms. The molecule has 1 fully saturated rings. The average molecular weight is 230 g/mol. The number of piperazine rings is 1. The third kappa shape index (κ3) is 5.95. The average Bonchev–Trinajstić information content (AvgIpc) is 2.19. The van der Waals surface area contributed by atoms with Gasteiger partial charge in [0.05, 0.1) is 0 Å². The molecule has 1 heterocycles. The topological polar surface area (TPSA) is 32.8 Å². The smallest absolute Gasteiger partial charge is 0.410 e. The molecule has 96 valence electrons. The predicted octanol–water partition coefficient (Wildman–Crippen LogP) is 2.20. The van der Waals surface area contributed by atoms with Gasteiger partial charge in [0.25, 0.3) is 0 Å². The van der Waals surface area contributed by atoms with Crippen LogP contribution in [0, 0.1) is 0 Å². The minimum Gasteiger partial charge on any atom is -0.444 e. The molecule has 0 bridgehead atoms. The maximum atomic E-state index is 11.6. The Labute approximate surface area is 99.5 Å². The van der Waals surface area contributed by atoms with Crippen molar-refractivity contribution in [2.75, 3.05) is 33.2 Å². The molecule has 0 N–H and O–H groups in total. The minimum absolute atomic E-state index is 0.189. The maximum Gasteiger partial charge on any atom is 0.410 e. The Kier molecular flexibility index (Phi) is 6.41. The first-order valence-electron chi connectivity index (χ1n) is 6.05. The van der Waals surface area contributed by atoms with Crippen LogP contribution < -0.4 is 0 Å². The van der Waals surface area contributed by atoms with E-state index in [0.717, 1.165) is 26.2 Å². The van der Waals surface area contributed by atoms with E-state index in [4.69, 9.17) is 4.74 Å². The van der Waals surface area contributed by atoms with E-state index in [9.17, 15) is 4.79 Å². The van der Waals surface area contributed by atoms with Crippen LogP contribution in [0.1, 0.15) is 34.6 Å². The van der Waals surface area contributed by atoms with E-state index < -0.39 is 0 Å². The third-order valence-corrected chi connectivity index (χ3v) is 2.15. The van der Waals surface area contributed by atoms with E-state index in [1.165, 1.54) is 0 Å². The Morgan fingerprint density at radius 3 is 1.88 bits per heavy atom. The van der Waals surface area contributed by atoms with Gasteiger partial charge in [-0.25, -0.2) is 4.79 Å². The Bertz CT molecular complexity index is 204. The van der Waals surface area contributed by atoms with Crippen molar-refractivity contribution in [1.82, 2.24) is 9.80 Å². The molecular formula is C12H26N2O2. The lowest BCUT2D eigenvalue weighted by molar-refractivity contribution is 0.0164. The fraction of sp³-hybridized carbons (Fsp3) is 0.917. The fourth-order valence-corrected chi connectivity index (χ4v) is 1.32. The first-order valence-corrected chi connectivity index (χ1v) is 6.05. The predicted molar refractivity (Wildman–Crippen MR) is 66.7 cm³/mol. The van der Waals surface area contributed by atoms with Gasteiger partial charge in [-0.05, 0) is 27.8 Å². The van der Waals surface area contributed by atoms with Gasteiger partial charge in [0.1, 0.15) is 5.60 Å². The summed E-state index contributed by atoms with van der Waals surface area (Å²) >= 11 is 0. The molecule has 0 aromatic carbocycles. The van der Waals surface area contributed by atoms with Crippen LogP contribution in [-0.2, 0) is 4.74 Å². The van der Waals surface area contributed by atoms with Crippen molar-refractivity contribution in [3.8, 4) is 0 Å². The molecule has 1 amide bonds. The van der Waals surface area contributed by atoms with Gasteiger partial charge in [0, 0.05) is 26.2 Å². The summed E-state index contributed by atoms with van der Waals surface area (Å²) < 4.78 is 5.28. The second-order valence-corrected chi connectivity index (χ2v) is 4.77. The number of amides is 1. The van der Waals surface area contributed by atoms with Crippen molar-refractivity contribution in [2.24, 2.45) is 0 Å². The highest BCUT2D eigenvalue weighted by atomic mass is 16.6. The number of rotatable bonds is 0. The van der Waals surface area contributed by atoms with E-state index in [1.54, 1.807) is 4.90 Å². The Morgan fingerprint density at radius 1 is 1.06 bits per heavy atom. The van der Waals surface area contributed by atoms with E-state index in [1.807, 2.05) is 34.6 Å². The van der Waals surface area contributed by atoms with Gasteiger partial charge in [-0.1, -0.05) is 13.8 Å². The summed E-state index contributed by atoms with van der Waals surface area (Å²) in [5.74, 6) is 0. The number of hydrogen-bond donors (Lipinski definition) is 0. The van der Waals surface area contributed by atoms with Crippen molar-refractivity contribution < 1.29 is 9.53 Å². The summed E-state index contributed by atoms with van der Waals surface area (Å²) in [5.41, 5.74) is -0.388. The van der Waals surface area contributed by atoms with Crippen LogP contribution in [-0.4, -0.2) is 54.7 Å². The molecule has 1 rings (SSSR count). The van der Waals surface area contributed by atoms with Gasteiger partial charge < -0.3 is 14.5 Å². The van der Waals surface area contributed by atoms with Gasteiger partial charge in [-0.3, -0.25) is 0 Å². The quantitative estimate of drug-likeness (QED) is 0.639. The van der Waals surface area contributed by atoms with Gasteiger partial charge in [0.2, 0.25) is 0 Å². The summed E-state index contributed by atoms with van der Waals surface area (Å²) in [6.45, 7) is 13.1. The van der Waals surface area contributed by atoms with E-state index >= 15 is 0 Å². The summed E-state index contributed by atoms with van der Waals surface area (Å²) in [7, 11) is 2.06.